The van der Waals surface area contributed by atoms with Crippen LogP contribution in [-0.4, -0.2) is 5.97 Å². The van der Waals surface area contributed by atoms with Gasteiger partial charge in [0.2, 0.25) is 0 Å². The van der Waals surface area contributed by atoms with E-state index < -0.39 is 5.97 Å². The molecule has 0 saturated heterocycles. The second-order valence-electron chi connectivity index (χ2n) is 2.28. The van der Waals surface area contributed by atoms with Gasteiger partial charge >= 0.3 is 29.6 Å². The number of carbonyl (C=O) groups excluding carboxylic acids is 1. The van der Waals surface area contributed by atoms with Crippen LogP contribution in [0.3, 0.4) is 0 Å². The van der Waals surface area contributed by atoms with Crippen molar-refractivity contribution in [1.82, 2.24) is 0 Å². The Labute approximate surface area is 100 Å². The van der Waals surface area contributed by atoms with Crippen molar-refractivity contribution in [2.24, 2.45) is 0 Å². The molecule has 4 heteroatoms. The number of aliphatic carboxylic acids is 1. The number of carbonyl (C=O) groups is 1. The van der Waals surface area contributed by atoms with E-state index in [4.69, 9.17) is 11.6 Å². The second-order valence-corrected chi connectivity index (χ2v) is 2.77. The average molecular weight is 199 g/mol. The monoisotopic (exact) mass is 198 g/mol. The van der Waals surface area contributed by atoms with Crippen LogP contribution in [0.4, 0.5) is 0 Å². The molecule has 0 aliphatic carbocycles. The van der Waals surface area contributed by atoms with Crippen molar-refractivity contribution in [1.29, 1.82) is 0 Å². The first-order valence-corrected chi connectivity index (χ1v) is 4.09. The summed E-state index contributed by atoms with van der Waals surface area (Å²) in [5.74, 6) is -1.01. The van der Waals surface area contributed by atoms with Crippen molar-refractivity contribution < 1.29 is 39.5 Å². The zero-order valence-corrected chi connectivity index (χ0v) is 10.4. The third kappa shape index (κ3) is 10.5. The maximum atomic E-state index is 9.97. The summed E-state index contributed by atoms with van der Waals surface area (Å²) in [5, 5.41) is 10.7. The third-order valence-electron chi connectivity index (χ3n) is 1.22. The topological polar surface area (TPSA) is 40.1 Å². The molecule has 0 fully saturated rings. The van der Waals surface area contributed by atoms with Gasteiger partial charge in [-0.25, -0.2) is 0 Å². The summed E-state index contributed by atoms with van der Waals surface area (Å²) >= 11 is 5.71. The molecule has 0 aromatic carbocycles. The van der Waals surface area contributed by atoms with E-state index in [0.29, 0.717) is 12.8 Å². The van der Waals surface area contributed by atoms with Crippen LogP contribution in [0.1, 0.15) is 32.6 Å². The Morgan fingerprint density at radius 3 is 2.50 bits per heavy atom. The maximum absolute atomic E-state index is 9.97. The van der Waals surface area contributed by atoms with E-state index in [2.05, 4.69) is 0 Å². The molecule has 0 amide bonds. The first-order valence-electron chi connectivity index (χ1n) is 3.71. The van der Waals surface area contributed by atoms with Crippen molar-refractivity contribution in [3.8, 4) is 0 Å². The smallest absolute Gasteiger partial charge is 0.550 e. The molecule has 0 spiro atoms. The minimum atomic E-state index is -1.01. The van der Waals surface area contributed by atoms with Gasteiger partial charge in [0.25, 0.3) is 0 Å². The Kier molecular flexibility index (Phi) is 12.0. The number of hydrogen-bond acceptors (Lipinski definition) is 2. The summed E-state index contributed by atoms with van der Waals surface area (Å²) < 4.78 is 0. The number of rotatable bonds is 5. The van der Waals surface area contributed by atoms with E-state index in [1.807, 2.05) is 13.0 Å². The van der Waals surface area contributed by atoms with Gasteiger partial charge < -0.3 is 9.90 Å². The Balaban J connectivity index is 0. The van der Waals surface area contributed by atoms with E-state index in [9.17, 15) is 9.90 Å². The van der Waals surface area contributed by atoms with Crippen LogP contribution in [-0.2, 0) is 4.79 Å². The summed E-state index contributed by atoms with van der Waals surface area (Å²) in [4.78, 5) is 9.97. The van der Waals surface area contributed by atoms with E-state index in [1.54, 1.807) is 0 Å². The predicted molar refractivity (Wildman–Crippen MR) is 43.1 cm³/mol. The van der Waals surface area contributed by atoms with Gasteiger partial charge in [-0.1, -0.05) is 24.6 Å². The number of carboxylic acids is 1. The largest absolute Gasteiger partial charge is 1.00 e. The van der Waals surface area contributed by atoms with E-state index >= 15 is 0 Å². The Morgan fingerprint density at radius 2 is 2.08 bits per heavy atom. The minimum Gasteiger partial charge on any atom is -0.550 e. The molecule has 0 bridgehead atoms. The molecule has 0 aromatic heterocycles. The number of halogens is 1. The zero-order valence-electron chi connectivity index (χ0n) is 7.60. The summed E-state index contributed by atoms with van der Waals surface area (Å²) in [7, 11) is 0. The van der Waals surface area contributed by atoms with Crippen molar-refractivity contribution in [3.63, 3.8) is 0 Å². The van der Waals surface area contributed by atoms with Gasteiger partial charge in [-0.2, -0.15) is 0 Å². The molecule has 0 radical (unpaired) electrons. The molecule has 0 N–H and O–H groups in total. The molecule has 2 nitrogen and oxygen atoms in total. The van der Waals surface area contributed by atoms with Crippen LogP contribution in [0.5, 0.6) is 0 Å². The van der Waals surface area contributed by atoms with Gasteiger partial charge in [0, 0.05) is 11.0 Å². The van der Waals surface area contributed by atoms with Gasteiger partial charge in [0.05, 0.1) is 0 Å². The van der Waals surface area contributed by atoms with E-state index in [0.717, 1.165) is 11.5 Å². The quantitative estimate of drug-likeness (QED) is 0.502. The molecule has 0 saturated carbocycles. The fraction of sp³-hybridized carbons (Fsp3) is 0.625. The molecule has 0 aliphatic heterocycles. The summed E-state index contributed by atoms with van der Waals surface area (Å²) in [5.41, 5.74) is 0. The summed E-state index contributed by atoms with van der Waals surface area (Å²) in [6.45, 7) is 1.99. The molecule has 0 aliphatic rings. The van der Waals surface area contributed by atoms with Gasteiger partial charge in [-0.3, -0.25) is 0 Å². The molecule has 64 valence electrons. The van der Waals surface area contributed by atoms with Crippen LogP contribution >= 0.6 is 11.6 Å². The van der Waals surface area contributed by atoms with Crippen molar-refractivity contribution >= 4 is 17.6 Å². The van der Waals surface area contributed by atoms with Gasteiger partial charge in [-0.05, 0) is 25.7 Å². The number of allylic oxidation sites excluding steroid dienone is 2. The molecule has 0 unspecified atom stereocenters. The molecule has 0 rings (SSSR count). The second kappa shape index (κ2) is 9.59. The standard InChI is InChI=1S/C8H13ClO2.Na/c1-2-4-7(9)5-3-6-8(10)11;/h4H,2-3,5-6H2,1H3,(H,10,11);/q;+1/p-1/b7-4-;. The van der Waals surface area contributed by atoms with Crippen molar-refractivity contribution in [3.05, 3.63) is 11.1 Å². The first kappa shape index (κ1) is 15.0. The Bertz CT molecular complexity index is 157. The van der Waals surface area contributed by atoms with Gasteiger partial charge in [0.1, 0.15) is 0 Å². The van der Waals surface area contributed by atoms with Crippen molar-refractivity contribution in [2.75, 3.05) is 0 Å². The SMILES string of the molecule is CC/C=C(\Cl)CCCC(=O)[O-].[Na+]. The fourth-order valence-corrected chi connectivity index (χ4v) is 1.01. The molecular formula is C8H12ClNaO2. The number of hydrogen-bond donors (Lipinski definition) is 0. The van der Waals surface area contributed by atoms with E-state index in [1.165, 1.54) is 0 Å². The predicted octanol–water partition coefficient (Wildman–Crippen LogP) is -1.56. The first-order chi connectivity index (χ1) is 5.16. The zero-order chi connectivity index (χ0) is 8.69. The van der Waals surface area contributed by atoms with Gasteiger partial charge in [0.15, 0.2) is 0 Å². The van der Waals surface area contributed by atoms with Crippen LogP contribution in [0.25, 0.3) is 0 Å². The van der Waals surface area contributed by atoms with Crippen LogP contribution in [0, 0.1) is 0 Å². The molecule has 0 aromatic rings. The van der Waals surface area contributed by atoms with Crippen molar-refractivity contribution in [2.45, 2.75) is 32.6 Å². The molecule has 0 heterocycles. The Morgan fingerprint density at radius 1 is 1.50 bits per heavy atom. The summed E-state index contributed by atoms with van der Waals surface area (Å²) in [6.07, 6.45) is 4.08. The van der Waals surface area contributed by atoms with Gasteiger partial charge in [-0.15, -0.1) is 0 Å². The van der Waals surface area contributed by atoms with Crippen LogP contribution in [0.15, 0.2) is 11.1 Å². The maximum Gasteiger partial charge on any atom is 1.00 e. The third-order valence-corrected chi connectivity index (χ3v) is 1.57. The van der Waals surface area contributed by atoms with Crippen LogP contribution < -0.4 is 34.7 Å². The number of carboxylic acid groups (broad SMARTS) is 1. The minimum absolute atomic E-state index is 0. The summed E-state index contributed by atoms with van der Waals surface area (Å²) in [6, 6.07) is 0. The molecule has 0 atom stereocenters. The molecular weight excluding hydrogens is 187 g/mol. The average Bonchev–Trinajstić information content (AvgIpc) is 1.87. The molecule has 12 heavy (non-hydrogen) atoms. The van der Waals surface area contributed by atoms with E-state index in [-0.39, 0.29) is 36.0 Å². The van der Waals surface area contributed by atoms with Crippen LogP contribution in [0.2, 0.25) is 0 Å². The normalized spacial score (nSPS) is 10.7. The fourth-order valence-electron chi connectivity index (χ4n) is 0.725. The Hall–Kier alpha value is 0.500.